The molecule has 1 aromatic heterocycles. The lowest BCUT2D eigenvalue weighted by molar-refractivity contribution is 0.418. The van der Waals surface area contributed by atoms with Gasteiger partial charge in [-0.2, -0.15) is 0 Å². The Hall–Kier alpha value is -2.02. The largest absolute Gasteiger partial charge is 0.387 e. The van der Waals surface area contributed by atoms with E-state index in [0.717, 1.165) is 11.8 Å². The molecular weight excluding hydrogens is 306 g/mol. The first-order valence-electron chi connectivity index (χ1n) is 7.04. The number of nitrogens with two attached hydrogens (primary N) is 1. The van der Waals surface area contributed by atoms with Crippen LogP contribution in [-0.2, 0) is 19.3 Å². The van der Waals surface area contributed by atoms with E-state index in [9.17, 15) is 8.78 Å². The van der Waals surface area contributed by atoms with Crippen LogP contribution in [0.15, 0.2) is 18.3 Å². The maximum atomic E-state index is 13.8. The van der Waals surface area contributed by atoms with E-state index < -0.39 is 11.6 Å². The van der Waals surface area contributed by atoms with Crippen molar-refractivity contribution in [2.24, 2.45) is 5.73 Å². The Kier molecular flexibility index (Phi) is 3.82. The standard InChI is InChI=1S/C15H16F2N4S/c16-9-3-8-4-10(1-2-12(8)13(17)5-9)21-11(6-14(18)19)7-20-15(21)22/h3,5,7,10H,1-2,4,6H2,(H3,18,19)(H,20,22). The Bertz CT molecular complexity index is 793. The minimum atomic E-state index is -0.557. The van der Waals surface area contributed by atoms with E-state index in [0.29, 0.717) is 41.6 Å². The Morgan fingerprint density at radius 2 is 2.23 bits per heavy atom. The van der Waals surface area contributed by atoms with Crippen molar-refractivity contribution < 1.29 is 8.78 Å². The van der Waals surface area contributed by atoms with Crippen molar-refractivity contribution in [1.82, 2.24) is 9.55 Å². The smallest absolute Gasteiger partial charge is 0.177 e. The molecule has 2 aromatic rings. The molecule has 0 saturated carbocycles. The Morgan fingerprint density at radius 1 is 1.45 bits per heavy atom. The summed E-state index contributed by atoms with van der Waals surface area (Å²) in [4.78, 5) is 2.96. The van der Waals surface area contributed by atoms with Crippen LogP contribution in [0.4, 0.5) is 8.78 Å². The van der Waals surface area contributed by atoms with Gasteiger partial charge in [0.1, 0.15) is 11.6 Å². The third kappa shape index (κ3) is 2.68. The van der Waals surface area contributed by atoms with E-state index in [4.69, 9.17) is 23.4 Å². The van der Waals surface area contributed by atoms with Crippen molar-refractivity contribution >= 4 is 18.1 Å². The summed E-state index contributed by atoms with van der Waals surface area (Å²) < 4.78 is 29.7. The molecule has 4 N–H and O–H groups in total. The molecule has 3 rings (SSSR count). The van der Waals surface area contributed by atoms with Gasteiger partial charge in [0.25, 0.3) is 0 Å². The summed E-state index contributed by atoms with van der Waals surface area (Å²) in [7, 11) is 0. The first-order chi connectivity index (χ1) is 10.5. The number of imidazole rings is 1. The molecule has 1 atom stereocenters. The van der Waals surface area contributed by atoms with Gasteiger partial charge in [0.2, 0.25) is 0 Å². The predicted octanol–water partition coefficient (Wildman–Crippen LogP) is 3.03. The number of hydrogen-bond donors (Lipinski definition) is 3. The van der Waals surface area contributed by atoms with Gasteiger partial charge in [-0.05, 0) is 48.7 Å². The van der Waals surface area contributed by atoms with Crippen LogP contribution in [0.1, 0.15) is 29.3 Å². The molecule has 116 valence electrons. The molecule has 1 aromatic carbocycles. The highest BCUT2D eigenvalue weighted by Gasteiger charge is 2.25. The third-order valence-electron chi connectivity index (χ3n) is 4.06. The van der Waals surface area contributed by atoms with Crippen LogP contribution in [0.3, 0.4) is 0 Å². The van der Waals surface area contributed by atoms with E-state index in [1.54, 1.807) is 6.20 Å². The van der Waals surface area contributed by atoms with Crippen molar-refractivity contribution in [2.75, 3.05) is 0 Å². The fourth-order valence-electron chi connectivity index (χ4n) is 3.15. The zero-order valence-electron chi connectivity index (χ0n) is 11.8. The number of fused-ring (bicyclic) bond motifs is 1. The van der Waals surface area contributed by atoms with E-state index in [-0.39, 0.29) is 11.9 Å². The van der Waals surface area contributed by atoms with Gasteiger partial charge in [-0.25, -0.2) is 8.78 Å². The highest BCUT2D eigenvalue weighted by Crippen LogP contribution is 2.32. The van der Waals surface area contributed by atoms with E-state index in [1.165, 1.54) is 6.07 Å². The lowest BCUT2D eigenvalue weighted by Gasteiger charge is -2.27. The molecule has 1 aliphatic rings. The number of H-pyrrole nitrogens is 1. The maximum Gasteiger partial charge on any atom is 0.177 e. The van der Waals surface area contributed by atoms with E-state index in [2.05, 4.69) is 4.98 Å². The topological polar surface area (TPSA) is 70.6 Å². The molecule has 0 amide bonds. The van der Waals surface area contributed by atoms with Gasteiger partial charge < -0.3 is 15.3 Å². The van der Waals surface area contributed by atoms with Gasteiger partial charge in [0.15, 0.2) is 4.77 Å². The Balaban J connectivity index is 1.97. The molecule has 0 bridgehead atoms. The number of rotatable bonds is 3. The average Bonchev–Trinajstić information content (AvgIpc) is 2.78. The third-order valence-corrected chi connectivity index (χ3v) is 4.38. The van der Waals surface area contributed by atoms with Gasteiger partial charge in [-0.1, -0.05) is 0 Å². The minimum absolute atomic E-state index is 0.0156. The average molecular weight is 322 g/mol. The second-order valence-electron chi connectivity index (χ2n) is 5.58. The van der Waals surface area contributed by atoms with Crippen LogP contribution in [0.5, 0.6) is 0 Å². The lowest BCUT2D eigenvalue weighted by Crippen LogP contribution is -2.23. The first kappa shape index (κ1) is 14.9. The number of aromatic amines is 1. The Morgan fingerprint density at radius 3 is 2.95 bits per heavy atom. The second kappa shape index (κ2) is 5.64. The number of benzene rings is 1. The fraction of sp³-hybridized carbons (Fsp3) is 0.333. The summed E-state index contributed by atoms with van der Waals surface area (Å²) in [6, 6.07) is 2.34. The van der Waals surface area contributed by atoms with E-state index >= 15 is 0 Å². The van der Waals surface area contributed by atoms with Crippen LogP contribution in [0.25, 0.3) is 0 Å². The summed E-state index contributed by atoms with van der Waals surface area (Å²) in [5, 5.41) is 7.44. The van der Waals surface area contributed by atoms with Crippen LogP contribution in [0.2, 0.25) is 0 Å². The molecule has 0 spiro atoms. The molecule has 7 heteroatoms. The van der Waals surface area contributed by atoms with Crippen molar-refractivity contribution in [3.05, 3.63) is 51.6 Å². The van der Waals surface area contributed by atoms with Crippen LogP contribution >= 0.6 is 12.2 Å². The molecule has 0 fully saturated rings. The zero-order chi connectivity index (χ0) is 15.9. The highest BCUT2D eigenvalue weighted by molar-refractivity contribution is 7.71. The maximum absolute atomic E-state index is 13.8. The normalized spacial score (nSPS) is 17.3. The SMILES string of the molecule is N=C(N)Cc1c[nH]c(=S)n1C1CCc2c(F)cc(F)cc2C1. The van der Waals surface area contributed by atoms with Gasteiger partial charge in [0, 0.05) is 30.4 Å². The predicted molar refractivity (Wildman–Crippen MR) is 82.7 cm³/mol. The molecule has 0 saturated heterocycles. The molecule has 1 aliphatic carbocycles. The molecule has 4 nitrogen and oxygen atoms in total. The summed E-state index contributed by atoms with van der Waals surface area (Å²) >= 11 is 5.30. The summed E-state index contributed by atoms with van der Waals surface area (Å²) in [6.45, 7) is 0. The van der Waals surface area contributed by atoms with Crippen LogP contribution in [0, 0.1) is 21.8 Å². The van der Waals surface area contributed by atoms with Crippen LogP contribution in [-0.4, -0.2) is 15.4 Å². The van der Waals surface area contributed by atoms with Gasteiger partial charge in [-0.15, -0.1) is 0 Å². The quantitative estimate of drug-likeness (QED) is 0.462. The summed E-state index contributed by atoms with van der Waals surface area (Å²) in [6.07, 6.45) is 3.81. The number of aromatic nitrogens is 2. The zero-order valence-corrected chi connectivity index (χ0v) is 12.6. The molecule has 0 radical (unpaired) electrons. The molecular formula is C15H16F2N4S. The lowest BCUT2D eigenvalue weighted by atomic mass is 9.87. The number of nitrogens with zero attached hydrogens (tertiary/aromatic N) is 1. The minimum Gasteiger partial charge on any atom is -0.387 e. The van der Waals surface area contributed by atoms with Crippen molar-refractivity contribution in [3.8, 4) is 0 Å². The number of halogens is 2. The number of amidine groups is 1. The second-order valence-corrected chi connectivity index (χ2v) is 5.97. The number of nitrogens with one attached hydrogen (secondary N) is 2. The van der Waals surface area contributed by atoms with Crippen LogP contribution < -0.4 is 5.73 Å². The molecule has 1 heterocycles. The Labute approximate surface area is 131 Å². The highest BCUT2D eigenvalue weighted by atomic mass is 32.1. The molecule has 22 heavy (non-hydrogen) atoms. The molecule has 1 unspecified atom stereocenters. The number of hydrogen-bond acceptors (Lipinski definition) is 2. The summed E-state index contributed by atoms with van der Waals surface area (Å²) in [5.74, 6) is -0.982. The van der Waals surface area contributed by atoms with Crippen molar-refractivity contribution in [3.63, 3.8) is 0 Å². The fourth-order valence-corrected chi connectivity index (χ4v) is 3.48. The monoisotopic (exact) mass is 322 g/mol. The van der Waals surface area contributed by atoms with Gasteiger partial charge in [-0.3, -0.25) is 5.41 Å². The van der Waals surface area contributed by atoms with Crippen molar-refractivity contribution in [1.29, 1.82) is 5.41 Å². The first-order valence-corrected chi connectivity index (χ1v) is 7.45. The van der Waals surface area contributed by atoms with Gasteiger partial charge in [0.05, 0.1) is 5.84 Å². The van der Waals surface area contributed by atoms with Gasteiger partial charge >= 0.3 is 0 Å². The van der Waals surface area contributed by atoms with Crippen molar-refractivity contribution in [2.45, 2.75) is 31.7 Å². The summed E-state index contributed by atoms with van der Waals surface area (Å²) in [5.41, 5.74) is 7.57. The molecule has 0 aliphatic heterocycles. The van der Waals surface area contributed by atoms with E-state index in [1.807, 2.05) is 4.57 Å².